The van der Waals surface area contributed by atoms with Gasteiger partial charge in [0.2, 0.25) is 5.75 Å². The van der Waals surface area contributed by atoms with Crippen molar-refractivity contribution in [2.24, 2.45) is 0 Å². The van der Waals surface area contributed by atoms with Crippen LogP contribution in [-0.4, -0.2) is 38.8 Å². The summed E-state index contributed by atoms with van der Waals surface area (Å²) in [5.74, 6) is -0.499. The molecule has 0 unspecified atom stereocenters. The molecule has 0 bridgehead atoms. The Kier molecular flexibility index (Phi) is 6.84. The van der Waals surface area contributed by atoms with E-state index in [2.05, 4.69) is 0 Å². The summed E-state index contributed by atoms with van der Waals surface area (Å²) in [6, 6.07) is 17.1. The van der Waals surface area contributed by atoms with Crippen LogP contribution >= 0.6 is 10.3 Å². The van der Waals surface area contributed by atoms with E-state index in [4.69, 9.17) is 8.47 Å². The molecule has 0 spiro atoms. The quantitative estimate of drug-likeness (QED) is 0.252. The van der Waals surface area contributed by atoms with Crippen molar-refractivity contribution in [3.63, 3.8) is 0 Å². The van der Waals surface area contributed by atoms with Crippen LogP contribution in [0, 0.1) is 11.8 Å². The highest BCUT2D eigenvalue weighted by atomic mass is 32.3. The molecule has 3 aromatic rings. The molecule has 176 valence electrons. The maximum absolute atomic E-state index is 12.9. The average molecular weight is 512 g/mol. The number of hydrogen-bond acceptors (Lipinski definition) is 8. The fourth-order valence-corrected chi connectivity index (χ4v) is 5.49. The van der Waals surface area contributed by atoms with Crippen LogP contribution in [0.4, 0.5) is 5.69 Å². The summed E-state index contributed by atoms with van der Waals surface area (Å²) in [6.45, 7) is 1.78. The van der Waals surface area contributed by atoms with Gasteiger partial charge in [-0.25, -0.2) is 8.42 Å². The van der Waals surface area contributed by atoms with Gasteiger partial charge in [-0.3, -0.25) is 0 Å². The van der Waals surface area contributed by atoms with Crippen molar-refractivity contribution in [1.82, 2.24) is 0 Å². The Bertz CT molecular complexity index is 1390. The van der Waals surface area contributed by atoms with Gasteiger partial charge < -0.3 is 8.74 Å². The number of benzene rings is 3. The van der Waals surface area contributed by atoms with Crippen LogP contribution in [0.3, 0.4) is 0 Å². The first-order valence-electron chi connectivity index (χ1n) is 9.36. The molecule has 3 aromatic carbocycles. The van der Waals surface area contributed by atoms with Crippen LogP contribution in [0.5, 0.6) is 5.75 Å². The maximum Gasteiger partial charge on any atom is 0.362 e. The van der Waals surface area contributed by atoms with E-state index in [0.717, 1.165) is 23.8 Å². The molecule has 0 aromatic heterocycles. The normalized spacial score (nSPS) is 12.7. The van der Waals surface area contributed by atoms with Crippen LogP contribution < -0.4 is 4.18 Å². The average Bonchev–Trinajstić information content (AvgIpc) is 2.73. The molecule has 0 fully saturated rings. The SMILES string of the molecule is Cc1ccc(S(=O)(=O)Oc2ccc(S(=O)(=O)[O-])cc2[N+](=O)OS(C)(C)c2ccccc2)cc1. The second-order valence-corrected chi connectivity index (χ2v) is 13.3. The highest BCUT2D eigenvalue weighted by Crippen LogP contribution is 2.51. The van der Waals surface area contributed by atoms with E-state index in [9.17, 15) is 26.3 Å². The smallest absolute Gasteiger partial charge is 0.362 e. The first-order valence-corrected chi connectivity index (χ1v) is 14.5. The Morgan fingerprint density at radius 3 is 1.94 bits per heavy atom. The van der Waals surface area contributed by atoms with E-state index in [1.54, 1.807) is 61.9 Å². The molecular formula is C21H21NO8S3. The van der Waals surface area contributed by atoms with Gasteiger partial charge in [0.15, 0.2) is 0 Å². The molecule has 12 heteroatoms. The first-order chi connectivity index (χ1) is 15.3. The lowest BCUT2D eigenvalue weighted by atomic mass is 10.2. The minimum atomic E-state index is -4.94. The summed E-state index contributed by atoms with van der Waals surface area (Å²) in [5, 5.41) is 0. The third-order valence-electron chi connectivity index (χ3n) is 4.49. The van der Waals surface area contributed by atoms with Crippen molar-refractivity contribution in [3.05, 3.63) is 83.3 Å². The molecule has 0 aliphatic rings. The van der Waals surface area contributed by atoms with Crippen LogP contribution in [0.15, 0.2) is 87.5 Å². The van der Waals surface area contributed by atoms with Gasteiger partial charge in [0.1, 0.15) is 15.0 Å². The minimum absolute atomic E-state index is 0.0307. The Labute approximate surface area is 193 Å². The van der Waals surface area contributed by atoms with Crippen molar-refractivity contribution in [2.45, 2.75) is 21.6 Å². The van der Waals surface area contributed by atoms with E-state index in [0.29, 0.717) is 4.90 Å². The third kappa shape index (κ3) is 5.90. The van der Waals surface area contributed by atoms with Gasteiger partial charge in [0, 0.05) is 33.8 Å². The fourth-order valence-electron chi connectivity index (χ4n) is 2.74. The predicted molar refractivity (Wildman–Crippen MR) is 122 cm³/mol. The summed E-state index contributed by atoms with van der Waals surface area (Å²) in [4.78, 5) is 12.7. The van der Waals surface area contributed by atoms with E-state index in [1.165, 1.54) is 12.1 Å². The number of rotatable bonds is 8. The molecule has 0 saturated carbocycles. The van der Waals surface area contributed by atoms with E-state index < -0.39 is 46.9 Å². The van der Waals surface area contributed by atoms with Gasteiger partial charge in [-0.15, -0.1) is 0 Å². The van der Waals surface area contributed by atoms with Gasteiger partial charge in [0.25, 0.3) is 4.92 Å². The molecule has 3 rings (SSSR count). The van der Waals surface area contributed by atoms with Gasteiger partial charge >= 0.3 is 15.8 Å². The zero-order valence-corrected chi connectivity index (χ0v) is 20.3. The van der Waals surface area contributed by atoms with Crippen molar-refractivity contribution in [1.29, 1.82) is 0 Å². The summed E-state index contributed by atoms with van der Waals surface area (Å²) < 4.78 is 70.6. The van der Waals surface area contributed by atoms with Crippen LogP contribution in [0.2, 0.25) is 0 Å². The van der Waals surface area contributed by atoms with E-state index in [-0.39, 0.29) is 9.82 Å². The topological polar surface area (TPSA) is 130 Å². The summed E-state index contributed by atoms with van der Waals surface area (Å²) in [5.41, 5.74) is 0.240. The molecule has 9 nitrogen and oxygen atoms in total. The second kappa shape index (κ2) is 9.14. The lowest BCUT2D eigenvalue weighted by Gasteiger charge is -2.23. The summed E-state index contributed by atoms with van der Waals surface area (Å²) >= 11 is 0. The molecule has 0 amide bonds. The molecule has 0 radical (unpaired) electrons. The van der Waals surface area contributed by atoms with Crippen LogP contribution in [0.1, 0.15) is 5.56 Å². The third-order valence-corrected chi connectivity index (χ3v) is 8.49. The lowest BCUT2D eigenvalue weighted by Crippen LogP contribution is -2.14. The summed E-state index contributed by atoms with van der Waals surface area (Å²) in [7, 11) is -11.5. The Morgan fingerprint density at radius 2 is 1.36 bits per heavy atom. The standard InChI is InChI=1S/C21H21NO8S3/c1-16-9-11-18(12-10-16)33(27,28)29-21-14-13-19(32(24,25)26)15-20(21)22(23)30-31(2,3)17-7-5-4-6-8-17/h4-15H,1-3H3. The molecule has 33 heavy (non-hydrogen) atoms. The zero-order valence-electron chi connectivity index (χ0n) is 17.9. The maximum atomic E-state index is 12.9. The number of aryl methyl sites for hydroxylation is 1. The van der Waals surface area contributed by atoms with E-state index >= 15 is 0 Å². The van der Waals surface area contributed by atoms with Crippen molar-refractivity contribution < 1.29 is 34.8 Å². The second-order valence-electron chi connectivity index (χ2n) is 7.31. The molecular weight excluding hydrogens is 490 g/mol. The van der Waals surface area contributed by atoms with Crippen molar-refractivity contribution in [2.75, 3.05) is 12.5 Å². The zero-order chi connectivity index (χ0) is 24.4. The van der Waals surface area contributed by atoms with Gasteiger partial charge in [-0.05, 0) is 43.3 Å². The lowest BCUT2D eigenvalue weighted by molar-refractivity contribution is -0.696. The predicted octanol–water partition coefficient (Wildman–Crippen LogP) is 4.05. The largest absolute Gasteiger partial charge is 0.744 e. The van der Waals surface area contributed by atoms with Gasteiger partial charge in [-0.2, -0.15) is 12.7 Å². The molecule has 0 aliphatic heterocycles. The number of nitrogens with zero attached hydrogens (tertiary/aromatic N) is 1. The van der Waals surface area contributed by atoms with Crippen molar-refractivity contribution >= 4 is 36.2 Å². The van der Waals surface area contributed by atoms with Gasteiger partial charge in [0.05, 0.1) is 9.80 Å². The minimum Gasteiger partial charge on any atom is -0.744 e. The monoisotopic (exact) mass is 511 g/mol. The Morgan fingerprint density at radius 1 is 0.788 bits per heavy atom. The fraction of sp³-hybridized carbons (Fsp3) is 0.143. The Hall–Kier alpha value is -2.93. The molecule has 0 saturated heterocycles. The molecule has 0 aliphatic carbocycles. The molecule has 0 heterocycles. The molecule has 0 N–H and O–H groups in total. The van der Waals surface area contributed by atoms with Crippen LogP contribution in [-0.2, 0) is 24.5 Å². The summed E-state index contributed by atoms with van der Waals surface area (Å²) in [6.07, 6.45) is 3.34. The molecule has 0 atom stereocenters. The highest BCUT2D eigenvalue weighted by Gasteiger charge is 2.34. The van der Waals surface area contributed by atoms with Crippen LogP contribution in [0.25, 0.3) is 0 Å². The number of hydrogen-bond donors (Lipinski definition) is 0. The van der Waals surface area contributed by atoms with E-state index in [1.807, 2.05) is 0 Å². The van der Waals surface area contributed by atoms with Gasteiger partial charge in [-0.1, -0.05) is 35.9 Å². The van der Waals surface area contributed by atoms with Crippen molar-refractivity contribution in [3.8, 4) is 5.75 Å². The Balaban J connectivity index is 2.03. The highest BCUT2D eigenvalue weighted by molar-refractivity contribution is 8.28. The first kappa shape index (κ1) is 24.7.